The number of methoxy groups -OCH3 is 1. The molecule has 0 fully saturated rings. The van der Waals surface area contributed by atoms with Crippen LogP contribution in [0, 0.1) is 0 Å². The first-order valence-electron chi connectivity index (χ1n) is 7.72. The van der Waals surface area contributed by atoms with Crippen molar-refractivity contribution in [2.75, 3.05) is 7.11 Å². The van der Waals surface area contributed by atoms with Crippen LogP contribution in [0.5, 0.6) is 5.75 Å². The number of benzene rings is 1. The van der Waals surface area contributed by atoms with E-state index in [4.69, 9.17) is 18.3 Å². The minimum atomic E-state index is -0.601. The Morgan fingerprint density at radius 1 is 1.12 bits per heavy atom. The summed E-state index contributed by atoms with van der Waals surface area (Å²) < 4.78 is 21.6. The van der Waals surface area contributed by atoms with E-state index in [1.54, 1.807) is 32.9 Å². The van der Waals surface area contributed by atoms with Gasteiger partial charge in [0, 0.05) is 12.1 Å². The van der Waals surface area contributed by atoms with Gasteiger partial charge in [0.2, 0.25) is 0 Å². The van der Waals surface area contributed by atoms with Crippen molar-refractivity contribution in [1.29, 1.82) is 0 Å². The molecule has 3 rings (SSSR count). The summed E-state index contributed by atoms with van der Waals surface area (Å²) in [5, 5.41) is 1.33. The fourth-order valence-electron chi connectivity index (χ4n) is 2.60. The topological polar surface area (TPSA) is 78.9 Å². The third kappa shape index (κ3) is 3.28. The minimum Gasteiger partial charge on any atom is -0.495 e. The molecule has 3 aromatic rings. The highest BCUT2D eigenvalue weighted by Gasteiger charge is 2.19. The number of rotatable bonds is 3. The summed E-state index contributed by atoms with van der Waals surface area (Å²) in [6.45, 7) is 5.35. The molecular formula is C19H18O6. The molecule has 0 N–H and O–H groups in total. The number of hydrogen-bond acceptors (Lipinski definition) is 6. The van der Waals surface area contributed by atoms with E-state index in [1.807, 2.05) is 0 Å². The number of esters is 1. The van der Waals surface area contributed by atoms with E-state index < -0.39 is 17.2 Å². The molecule has 6 nitrogen and oxygen atoms in total. The second-order valence-corrected chi connectivity index (χ2v) is 6.47. The van der Waals surface area contributed by atoms with Gasteiger partial charge in [-0.05, 0) is 39.0 Å². The summed E-state index contributed by atoms with van der Waals surface area (Å²) in [5.74, 6) is 0.0337. The number of carbonyl (C=O) groups excluding carboxylic acids is 1. The number of ether oxygens (including phenoxy) is 2. The Kier molecular flexibility index (Phi) is 4.12. The zero-order valence-electron chi connectivity index (χ0n) is 14.4. The molecule has 25 heavy (non-hydrogen) atoms. The van der Waals surface area contributed by atoms with E-state index in [9.17, 15) is 9.59 Å². The minimum absolute atomic E-state index is 0.284. The third-order valence-corrected chi connectivity index (χ3v) is 3.47. The van der Waals surface area contributed by atoms with Gasteiger partial charge < -0.3 is 18.3 Å². The Labute approximate surface area is 143 Å². The van der Waals surface area contributed by atoms with Gasteiger partial charge in [0.05, 0.1) is 29.7 Å². The van der Waals surface area contributed by atoms with E-state index in [0.29, 0.717) is 27.7 Å². The fraction of sp³-hybridized carbons (Fsp3) is 0.263. The van der Waals surface area contributed by atoms with Crippen LogP contribution in [0.1, 0.15) is 26.3 Å². The number of fused-ring (bicyclic) bond motifs is 2. The first-order chi connectivity index (χ1) is 11.8. The Hall–Kier alpha value is -3.02. The van der Waals surface area contributed by atoms with Gasteiger partial charge in [0.25, 0.3) is 0 Å². The van der Waals surface area contributed by atoms with Gasteiger partial charge in [-0.25, -0.2) is 9.59 Å². The lowest BCUT2D eigenvalue weighted by atomic mass is 10.1. The molecule has 0 amide bonds. The molecule has 2 aromatic heterocycles. The molecule has 6 heteroatoms. The predicted molar refractivity (Wildman–Crippen MR) is 93.7 cm³/mol. The summed E-state index contributed by atoms with van der Waals surface area (Å²) in [5.41, 5.74) is 0.104. The Morgan fingerprint density at radius 2 is 1.84 bits per heavy atom. The van der Waals surface area contributed by atoms with Crippen LogP contribution in [0.3, 0.4) is 0 Å². The molecule has 130 valence electrons. The van der Waals surface area contributed by atoms with Crippen LogP contribution in [0.4, 0.5) is 0 Å². The molecule has 0 aliphatic rings. The standard InChI is InChI=1S/C19H18O6/c1-19(2,3)25-15(21)8-6-12-17-13(9-10-23-17)16(22-4)11-5-7-14(20)24-18(11)12/h5-10H,1-4H3/b8-6+. The van der Waals surface area contributed by atoms with Crippen molar-refractivity contribution in [2.24, 2.45) is 0 Å². The van der Waals surface area contributed by atoms with Gasteiger partial charge in [0.15, 0.2) is 5.58 Å². The fourth-order valence-corrected chi connectivity index (χ4v) is 2.60. The molecule has 0 radical (unpaired) electrons. The normalized spacial score (nSPS) is 12.2. The maximum Gasteiger partial charge on any atom is 0.336 e. The predicted octanol–water partition coefficient (Wildman–Crippen LogP) is 3.90. The highest BCUT2D eigenvalue weighted by atomic mass is 16.6. The van der Waals surface area contributed by atoms with Crippen LogP contribution in [-0.2, 0) is 9.53 Å². The largest absolute Gasteiger partial charge is 0.495 e. The van der Waals surface area contributed by atoms with Crippen molar-refractivity contribution in [3.05, 3.63) is 46.5 Å². The summed E-state index contributed by atoms with van der Waals surface area (Å²) in [6, 6.07) is 4.69. The molecule has 0 atom stereocenters. The molecule has 0 bridgehead atoms. The molecule has 0 unspecified atom stereocenters. The van der Waals surface area contributed by atoms with Gasteiger partial charge in [-0.15, -0.1) is 0 Å². The van der Waals surface area contributed by atoms with Crippen molar-refractivity contribution in [3.63, 3.8) is 0 Å². The van der Waals surface area contributed by atoms with Gasteiger partial charge in [-0.3, -0.25) is 0 Å². The van der Waals surface area contributed by atoms with Gasteiger partial charge in [-0.2, -0.15) is 0 Å². The maximum absolute atomic E-state index is 12.0. The number of carbonyl (C=O) groups is 1. The van der Waals surface area contributed by atoms with Crippen molar-refractivity contribution < 1.29 is 23.1 Å². The molecule has 0 aliphatic carbocycles. The first-order valence-corrected chi connectivity index (χ1v) is 7.72. The van der Waals surface area contributed by atoms with Crippen molar-refractivity contribution in [3.8, 4) is 5.75 Å². The molecule has 2 heterocycles. The van der Waals surface area contributed by atoms with E-state index in [0.717, 1.165) is 0 Å². The van der Waals surface area contributed by atoms with Crippen LogP contribution < -0.4 is 10.4 Å². The zero-order valence-corrected chi connectivity index (χ0v) is 14.4. The lowest BCUT2D eigenvalue weighted by Gasteiger charge is -2.17. The van der Waals surface area contributed by atoms with Gasteiger partial charge >= 0.3 is 11.6 Å². The van der Waals surface area contributed by atoms with Crippen molar-refractivity contribution >= 4 is 34.0 Å². The molecule has 0 saturated carbocycles. The Morgan fingerprint density at radius 3 is 2.52 bits per heavy atom. The highest BCUT2D eigenvalue weighted by Crippen LogP contribution is 2.38. The van der Waals surface area contributed by atoms with Crippen LogP contribution in [0.2, 0.25) is 0 Å². The van der Waals surface area contributed by atoms with Crippen LogP contribution in [-0.4, -0.2) is 18.7 Å². The van der Waals surface area contributed by atoms with Gasteiger partial charge in [0.1, 0.15) is 16.9 Å². The van der Waals surface area contributed by atoms with Crippen LogP contribution >= 0.6 is 0 Å². The van der Waals surface area contributed by atoms with E-state index >= 15 is 0 Å². The smallest absolute Gasteiger partial charge is 0.336 e. The SMILES string of the molecule is COc1c2ccoc2c(/C=C/C(=O)OC(C)(C)C)c2oc(=O)ccc12. The molecule has 0 spiro atoms. The maximum atomic E-state index is 12.0. The lowest BCUT2D eigenvalue weighted by Crippen LogP contribution is -2.22. The van der Waals surface area contributed by atoms with E-state index in [2.05, 4.69) is 0 Å². The number of hydrogen-bond donors (Lipinski definition) is 0. The third-order valence-electron chi connectivity index (χ3n) is 3.47. The summed E-state index contributed by atoms with van der Waals surface area (Å²) >= 11 is 0. The summed E-state index contributed by atoms with van der Waals surface area (Å²) in [7, 11) is 1.53. The molecule has 0 saturated heterocycles. The van der Waals surface area contributed by atoms with Crippen LogP contribution in [0.15, 0.2) is 44.2 Å². The Bertz CT molecular complexity index is 1030. The Balaban J connectivity index is 2.22. The van der Waals surface area contributed by atoms with Gasteiger partial charge in [-0.1, -0.05) is 0 Å². The van der Waals surface area contributed by atoms with E-state index in [-0.39, 0.29) is 5.58 Å². The average Bonchev–Trinajstić information content (AvgIpc) is 2.98. The summed E-state index contributed by atoms with van der Waals surface area (Å²) in [4.78, 5) is 23.7. The first kappa shape index (κ1) is 16.8. The second-order valence-electron chi connectivity index (χ2n) is 6.47. The zero-order chi connectivity index (χ0) is 18.2. The molecule has 1 aromatic carbocycles. The molecule has 0 aliphatic heterocycles. The van der Waals surface area contributed by atoms with Crippen molar-refractivity contribution in [1.82, 2.24) is 0 Å². The highest BCUT2D eigenvalue weighted by molar-refractivity contribution is 6.08. The average molecular weight is 342 g/mol. The quantitative estimate of drug-likeness (QED) is 0.408. The molecular weight excluding hydrogens is 324 g/mol. The number of furan rings is 1. The second kappa shape index (κ2) is 6.12. The lowest BCUT2D eigenvalue weighted by molar-refractivity contribution is -0.148. The summed E-state index contributed by atoms with van der Waals surface area (Å²) in [6.07, 6.45) is 4.31. The monoisotopic (exact) mass is 342 g/mol. The van der Waals surface area contributed by atoms with Crippen molar-refractivity contribution in [2.45, 2.75) is 26.4 Å². The van der Waals surface area contributed by atoms with E-state index in [1.165, 1.54) is 31.6 Å². The van der Waals surface area contributed by atoms with Crippen LogP contribution in [0.25, 0.3) is 28.0 Å².